The van der Waals surface area contributed by atoms with Crippen molar-refractivity contribution in [1.29, 1.82) is 0 Å². The van der Waals surface area contributed by atoms with E-state index in [4.69, 9.17) is 10.5 Å². The Balaban J connectivity index is 3.75. The minimum absolute atomic E-state index is 0.0869. The van der Waals surface area contributed by atoms with Gasteiger partial charge in [0.25, 0.3) is 0 Å². The average molecular weight is 259 g/mol. The van der Waals surface area contributed by atoms with Gasteiger partial charge in [0, 0.05) is 13.1 Å². The molecular formula is C12H25N3O3. The number of carbonyl (C=O) groups excluding carboxylic acids is 2. The maximum absolute atomic E-state index is 11.5. The molecule has 0 aliphatic carbocycles. The standard InChI is InChI=1S/C12H25N3O3/c1-8(2)9(13)10(16)14-6-7-15-11(17)18-12(3,4)5/h8-9H,6-7,13H2,1-5H3,(H,14,16)(H,15,17)/t9-/m0/s1. The molecule has 0 unspecified atom stereocenters. The molecule has 0 spiro atoms. The van der Waals surface area contributed by atoms with Gasteiger partial charge in [-0.15, -0.1) is 0 Å². The van der Waals surface area contributed by atoms with E-state index in [9.17, 15) is 9.59 Å². The number of nitrogens with two attached hydrogens (primary N) is 1. The molecule has 0 aromatic rings. The Morgan fingerprint density at radius 1 is 1.17 bits per heavy atom. The van der Waals surface area contributed by atoms with Gasteiger partial charge in [0.15, 0.2) is 0 Å². The van der Waals surface area contributed by atoms with E-state index < -0.39 is 17.7 Å². The Kier molecular flexibility index (Phi) is 6.68. The lowest BCUT2D eigenvalue weighted by Gasteiger charge is -2.20. The summed E-state index contributed by atoms with van der Waals surface area (Å²) < 4.78 is 5.04. The zero-order valence-electron chi connectivity index (χ0n) is 11.9. The lowest BCUT2D eigenvalue weighted by molar-refractivity contribution is -0.123. The van der Waals surface area contributed by atoms with Crippen LogP contribution in [-0.4, -0.2) is 36.7 Å². The molecule has 0 aromatic heterocycles. The van der Waals surface area contributed by atoms with Crippen LogP contribution in [0.15, 0.2) is 0 Å². The van der Waals surface area contributed by atoms with E-state index in [-0.39, 0.29) is 11.8 Å². The first-order valence-corrected chi connectivity index (χ1v) is 6.13. The smallest absolute Gasteiger partial charge is 0.407 e. The number of nitrogens with one attached hydrogen (secondary N) is 2. The average Bonchev–Trinajstić information content (AvgIpc) is 2.20. The third kappa shape index (κ3) is 7.89. The molecule has 2 amide bonds. The summed E-state index contributed by atoms with van der Waals surface area (Å²) in [6, 6.07) is -0.522. The topological polar surface area (TPSA) is 93.5 Å². The Morgan fingerprint density at radius 2 is 1.67 bits per heavy atom. The van der Waals surface area contributed by atoms with E-state index in [0.717, 1.165) is 0 Å². The molecule has 0 bridgehead atoms. The van der Waals surface area contributed by atoms with E-state index in [0.29, 0.717) is 13.1 Å². The van der Waals surface area contributed by atoms with E-state index in [2.05, 4.69) is 10.6 Å². The molecular weight excluding hydrogens is 234 g/mol. The van der Waals surface area contributed by atoms with E-state index in [1.165, 1.54) is 0 Å². The fourth-order valence-electron chi connectivity index (χ4n) is 1.09. The van der Waals surface area contributed by atoms with Crippen LogP contribution in [0.2, 0.25) is 0 Å². The van der Waals surface area contributed by atoms with E-state index >= 15 is 0 Å². The molecule has 4 N–H and O–H groups in total. The summed E-state index contributed by atoms with van der Waals surface area (Å²) in [6.07, 6.45) is -0.495. The molecule has 0 saturated carbocycles. The Hall–Kier alpha value is -1.30. The van der Waals surface area contributed by atoms with Crippen LogP contribution in [0.4, 0.5) is 4.79 Å². The third-order valence-electron chi connectivity index (χ3n) is 2.11. The van der Waals surface area contributed by atoms with Gasteiger partial charge >= 0.3 is 6.09 Å². The summed E-state index contributed by atoms with van der Waals surface area (Å²) in [5, 5.41) is 5.19. The second-order valence-electron chi connectivity index (χ2n) is 5.49. The van der Waals surface area contributed by atoms with Crippen molar-refractivity contribution in [2.24, 2.45) is 11.7 Å². The summed E-state index contributed by atoms with van der Waals surface area (Å²) in [4.78, 5) is 22.8. The molecule has 0 saturated heterocycles. The first kappa shape index (κ1) is 16.7. The quantitative estimate of drug-likeness (QED) is 0.631. The lowest BCUT2D eigenvalue weighted by Crippen LogP contribution is -2.46. The molecule has 1 atom stereocenters. The van der Waals surface area contributed by atoms with Crippen molar-refractivity contribution in [1.82, 2.24) is 10.6 Å². The minimum atomic E-state index is -0.522. The number of hydrogen-bond donors (Lipinski definition) is 3. The molecule has 6 nitrogen and oxygen atoms in total. The summed E-state index contributed by atoms with van der Waals surface area (Å²) >= 11 is 0. The van der Waals surface area contributed by atoms with Crippen LogP contribution in [0.25, 0.3) is 0 Å². The van der Waals surface area contributed by atoms with E-state index in [1.807, 2.05) is 13.8 Å². The van der Waals surface area contributed by atoms with Crippen LogP contribution < -0.4 is 16.4 Å². The number of hydrogen-bond acceptors (Lipinski definition) is 4. The van der Waals surface area contributed by atoms with Gasteiger partial charge in [-0.3, -0.25) is 4.79 Å². The second kappa shape index (κ2) is 7.20. The van der Waals surface area contributed by atoms with Gasteiger partial charge < -0.3 is 21.1 Å². The maximum atomic E-state index is 11.5. The first-order chi connectivity index (χ1) is 8.13. The zero-order valence-corrected chi connectivity index (χ0v) is 11.9. The highest BCUT2D eigenvalue weighted by Gasteiger charge is 2.17. The van der Waals surface area contributed by atoms with Crippen molar-refractivity contribution in [2.45, 2.75) is 46.3 Å². The van der Waals surface area contributed by atoms with Crippen LogP contribution >= 0.6 is 0 Å². The van der Waals surface area contributed by atoms with Crippen LogP contribution in [-0.2, 0) is 9.53 Å². The van der Waals surface area contributed by atoms with Gasteiger partial charge in [0.05, 0.1) is 6.04 Å². The minimum Gasteiger partial charge on any atom is -0.444 e. The normalized spacial score (nSPS) is 13.1. The summed E-state index contributed by atoms with van der Waals surface area (Å²) in [5.41, 5.74) is 5.14. The van der Waals surface area contributed by atoms with Gasteiger partial charge in [0.1, 0.15) is 5.60 Å². The highest BCUT2D eigenvalue weighted by Crippen LogP contribution is 2.05. The predicted octanol–water partition coefficient (Wildman–Crippen LogP) is 0.611. The number of amides is 2. The summed E-state index contributed by atoms with van der Waals surface area (Å²) in [6.45, 7) is 9.76. The van der Waals surface area contributed by atoms with Crippen LogP contribution in [0.3, 0.4) is 0 Å². The SMILES string of the molecule is CC(C)[C@H](N)C(=O)NCCNC(=O)OC(C)(C)C. The Bertz CT molecular complexity index is 285. The molecule has 0 aliphatic heterocycles. The van der Waals surface area contributed by atoms with Crippen molar-refractivity contribution in [2.75, 3.05) is 13.1 Å². The summed E-state index contributed by atoms with van der Waals surface area (Å²) in [7, 11) is 0. The van der Waals surface area contributed by atoms with Crippen molar-refractivity contribution in [3.8, 4) is 0 Å². The molecule has 0 aromatic carbocycles. The van der Waals surface area contributed by atoms with Crippen LogP contribution in [0.5, 0.6) is 0 Å². The fraction of sp³-hybridized carbons (Fsp3) is 0.833. The lowest BCUT2D eigenvalue weighted by atomic mass is 10.1. The van der Waals surface area contributed by atoms with Gasteiger partial charge in [-0.2, -0.15) is 0 Å². The largest absolute Gasteiger partial charge is 0.444 e. The number of alkyl carbamates (subject to hydrolysis) is 1. The predicted molar refractivity (Wildman–Crippen MR) is 70.1 cm³/mol. The van der Waals surface area contributed by atoms with Crippen LogP contribution in [0, 0.1) is 5.92 Å². The number of carbonyl (C=O) groups is 2. The first-order valence-electron chi connectivity index (χ1n) is 6.13. The molecule has 106 valence electrons. The van der Waals surface area contributed by atoms with Crippen molar-refractivity contribution >= 4 is 12.0 Å². The second-order valence-corrected chi connectivity index (χ2v) is 5.49. The van der Waals surface area contributed by atoms with Gasteiger partial charge in [-0.05, 0) is 26.7 Å². The number of ether oxygens (including phenoxy) is 1. The van der Waals surface area contributed by atoms with Crippen molar-refractivity contribution in [3.05, 3.63) is 0 Å². The van der Waals surface area contributed by atoms with Crippen LogP contribution in [0.1, 0.15) is 34.6 Å². The van der Waals surface area contributed by atoms with Crippen molar-refractivity contribution < 1.29 is 14.3 Å². The Morgan fingerprint density at radius 3 is 2.11 bits per heavy atom. The molecule has 0 aliphatic rings. The third-order valence-corrected chi connectivity index (χ3v) is 2.11. The van der Waals surface area contributed by atoms with E-state index in [1.54, 1.807) is 20.8 Å². The van der Waals surface area contributed by atoms with Gasteiger partial charge in [0.2, 0.25) is 5.91 Å². The molecule has 0 radical (unpaired) electrons. The fourth-order valence-corrected chi connectivity index (χ4v) is 1.09. The monoisotopic (exact) mass is 259 g/mol. The maximum Gasteiger partial charge on any atom is 0.407 e. The molecule has 0 fully saturated rings. The highest BCUT2D eigenvalue weighted by molar-refractivity contribution is 5.81. The van der Waals surface area contributed by atoms with Crippen molar-refractivity contribution in [3.63, 3.8) is 0 Å². The Labute approximate surface area is 109 Å². The zero-order chi connectivity index (χ0) is 14.3. The molecule has 0 heterocycles. The molecule has 0 rings (SSSR count). The highest BCUT2D eigenvalue weighted by atomic mass is 16.6. The summed E-state index contributed by atoms with van der Waals surface area (Å²) in [5.74, 6) is -0.125. The molecule has 18 heavy (non-hydrogen) atoms. The van der Waals surface area contributed by atoms with Gasteiger partial charge in [-0.1, -0.05) is 13.8 Å². The van der Waals surface area contributed by atoms with Gasteiger partial charge in [-0.25, -0.2) is 4.79 Å². The number of rotatable bonds is 5. The molecule has 6 heteroatoms.